The summed E-state index contributed by atoms with van der Waals surface area (Å²) in [5.41, 5.74) is 1.46. The van der Waals surface area contributed by atoms with Crippen molar-refractivity contribution < 1.29 is 9.84 Å². The number of halogens is 1. The van der Waals surface area contributed by atoms with Crippen LogP contribution in [-0.2, 0) is 6.42 Å². The molecule has 6 heteroatoms. The zero-order valence-corrected chi connectivity index (χ0v) is 18.7. The maximum absolute atomic E-state index is 9.49. The molecule has 5 nitrogen and oxygen atoms in total. The minimum absolute atomic E-state index is 0. The van der Waals surface area contributed by atoms with Crippen LogP contribution in [0.5, 0.6) is 5.75 Å². The molecule has 1 atom stereocenters. The van der Waals surface area contributed by atoms with Crippen LogP contribution in [0.15, 0.2) is 29.3 Å². The summed E-state index contributed by atoms with van der Waals surface area (Å²) in [5, 5.41) is 16.3. The molecule has 1 aromatic rings. The Kier molecular flexibility index (Phi) is 9.15. The molecule has 1 aromatic carbocycles. The van der Waals surface area contributed by atoms with E-state index in [0.717, 1.165) is 44.2 Å². The van der Waals surface area contributed by atoms with Crippen LogP contribution in [0.4, 0.5) is 0 Å². The zero-order chi connectivity index (χ0) is 18.2. The molecular formula is C21H34IN3O2. The van der Waals surface area contributed by atoms with Gasteiger partial charge < -0.3 is 20.5 Å². The number of nitrogens with one attached hydrogen (secondary N) is 2. The molecule has 1 unspecified atom stereocenters. The molecule has 1 fully saturated rings. The van der Waals surface area contributed by atoms with Crippen LogP contribution in [-0.4, -0.2) is 43.4 Å². The molecule has 1 aliphatic carbocycles. The number of rotatable bonds is 7. The third-order valence-electron chi connectivity index (χ3n) is 5.68. The molecule has 3 rings (SSSR count). The number of ether oxygens (including phenoxy) is 1. The van der Waals surface area contributed by atoms with Crippen molar-refractivity contribution in [2.45, 2.75) is 58.0 Å². The number of aliphatic hydroxyl groups excluding tert-OH is 1. The lowest BCUT2D eigenvalue weighted by molar-refractivity contribution is 0.137. The summed E-state index contributed by atoms with van der Waals surface area (Å²) in [6, 6.07) is 8.26. The first kappa shape index (κ1) is 22.3. The second kappa shape index (κ2) is 11.1. The fourth-order valence-corrected chi connectivity index (χ4v) is 4.19. The topological polar surface area (TPSA) is 65.9 Å². The van der Waals surface area contributed by atoms with E-state index in [2.05, 4.69) is 29.7 Å². The van der Waals surface area contributed by atoms with Crippen LogP contribution < -0.4 is 15.4 Å². The Bertz CT molecular complexity index is 572. The van der Waals surface area contributed by atoms with Crippen molar-refractivity contribution in [3.63, 3.8) is 0 Å². The molecule has 152 valence electrons. The Hall–Kier alpha value is -1.02. The number of guanidine groups is 1. The molecule has 1 saturated carbocycles. The van der Waals surface area contributed by atoms with Crippen molar-refractivity contribution in [2.24, 2.45) is 10.4 Å². The van der Waals surface area contributed by atoms with Crippen LogP contribution in [0, 0.1) is 5.41 Å². The van der Waals surface area contributed by atoms with E-state index in [1.54, 1.807) is 0 Å². The van der Waals surface area contributed by atoms with Crippen molar-refractivity contribution in [2.75, 3.05) is 26.2 Å². The Balaban J connectivity index is 0.00000261. The van der Waals surface area contributed by atoms with Gasteiger partial charge in [0, 0.05) is 26.1 Å². The number of hydrogen-bond donors (Lipinski definition) is 3. The summed E-state index contributed by atoms with van der Waals surface area (Å²) in [6.45, 7) is 4.71. The van der Waals surface area contributed by atoms with Crippen LogP contribution in [0.25, 0.3) is 0 Å². The first-order valence-corrected chi connectivity index (χ1v) is 10.1. The fraction of sp³-hybridized carbons (Fsp3) is 0.667. The lowest BCUT2D eigenvalue weighted by atomic mass is 9.72. The number of benzene rings is 1. The van der Waals surface area contributed by atoms with Gasteiger partial charge in [0.2, 0.25) is 0 Å². The van der Waals surface area contributed by atoms with Crippen molar-refractivity contribution in [3.05, 3.63) is 29.8 Å². The van der Waals surface area contributed by atoms with Gasteiger partial charge in [-0.3, -0.25) is 4.99 Å². The quantitative estimate of drug-likeness (QED) is 0.313. The first-order valence-electron chi connectivity index (χ1n) is 10.1. The molecule has 0 radical (unpaired) electrons. The van der Waals surface area contributed by atoms with Crippen LogP contribution >= 0.6 is 24.0 Å². The average Bonchev–Trinajstić information content (AvgIpc) is 3.08. The van der Waals surface area contributed by atoms with Crippen LogP contribution in [0.2, 0.25) is 0 Å². The van der Waals surface area contributed by atoms with Crippen molar-refractivity contribution in [3.8, 4) is 5.75 Å². The minimum atomic E-state index is 0. The summed E-state index contributed by atoms with van der Waals surface area (Å²) in [4.78, 5) is 4.87. The zero-order valence-electron chi connectivity index (χ0n) is 16.4. The smallest absolute Gasteiger partial charge is 0.191 e. The van der Waals surface area contributed by atoms with Gasteiger partial charge in [0.1, 0.15) is 11.9 Å². The average molecular weight is 487 g/mol. The van der Waals surface area contributed by atoms with E-state index in [1.165, 1.54) is 37.7 Å². The molecule has 1 aliphatic heterocycles. The first-order chi connectivity index (χ1) is 12.7. The number of para-hydroxylation sites is 1. The van der Waals surface area contributed by atoms with Crippen LogP contribution in [0.1, 0.15) is 51.0 Å². The molecule has 3 N–H and O–H groups in total. The second-order valence-electron chi connectivity index (χ2n) is 7.66. The maximum atomic E-state index is 9.49. The number of aliphatic imine (C=N–C) groups is 1. The van der Waals surface area contributed by atoms with E-state index in [0.29, 0.717) is 0 Å². The summed E-state index contributed by atoms with van der Waals surface area (Å²) < 4.78 is 6.01. The number of fused-ring (bicyclic) bond motifs is 1. The Morgan fingerprint density at radius 1 is 1.22 bits per heavy atom. The molecular weight excluding hydrogens is 453 g/mol. The Morgan fingerprint density at radius 3 is 2.70 bits per heavy atom. The van der Waals surface area contributed by atoms with Gasteiger partial charge in [-0.25, -0.2) is 0 Å². The summed E-state index contributed by atoms with van der Waals surface area (Å²) in [7, 11) is 0. The lowest BCUT2D eigenvalue weighted by Crippen LogP contribution is -2.43. The van der Waals surface area contributed by atoms with Gasteiger partial charge in [0.15, 0.2) is 5.96 Å². The second-order valence-corrected chi connectivity index (χ2v) is 7.66. The standard InChI is InChI=1S/C21H33N3O2.HI/c1-2-22-20(24-16-21(12-13-25)10-6-3-7-11-21)23-15-18-14-17-8-4-5-9-19(17)26-18;/h4-5,8-9,18,25H,2-3,6-7,10-16H2,1H3,(H2,22,23,24);1H. The SMILES string of the molecule is CCNC(=NCC1(CCO)CCCCC1)NCC1Cc2ccccc2O1.I. The van der Waals surface area contributed by atoms with Crippen molar-refractivity contribution in [1.82, 2.24) is 10.6 Å². The molecule has 0 aromatic heterocycles. The van der Waals surface area contributed by atoms with E-state index in [9.17, 15) is 5.11 Å². The molecule has 0 bridgehead atoms. The summed E-state index contributed by atoms with van der Waals surface area (Å²) >= 11 is 0. The van der Waals surface area contributed by atoms with E-state index < -0.39 is 0 Å². The Morgan fingerprint density at radius 2 is 2.00 bits per heavy atom. The Labute approximate surface area is 180 Å². The van der Waals surface area contributed by atoms with Crippen LogP contribution in [0.3, 0.4) is 0 Å². The minimum Gasteiger partial charge on any atom is -0.488 e. The highest BCUT2D eigenvalue weighted by Crippen LogP contribution is 2.39. The highest BCUT2D eigenvalue weighted by molar-refractivity contribution is 14.0. The predicted molar refractivity (Wildman–Crippen MR) is 121 cm³/mol. The summed E-state index contributed by atoms with van der Waals surface area (Å²) in [5.74, 6) is 1.86. The third-order valence-corrected chi connectivity index (χ3v) is 5.68. The van der Waals surface area contributed by atoms with Gasteiger partial charge in [0.25, 0.3) is 0 Å². The molecule has 0 amide bonds. The number of nitrogens with zero attached hydrogens (tertiary/aromatic N) is 1. The van der Waals surface area contributed by atoms with Crippen molar-refractivity contribution in [1.29, 1.82) is 0 Å². The van der Waals surface area contributed by atoms with E-state index in [1.807, 2.05) is 12.1 Å². The molecule has 1 heterocycles. The van der Waals surface area contributed by atoms with Crippen molar-refractivity contribution >= 4 is 29.9 Å². The monoisotopic (exact) mass is 487 g/mol. The highest BCUT2D eigenvalue weighted by Gasteiger charge is 2.31. The van der Waals surface area contributed by atoms with E-state index in [4.69, 9.17) is 9.73 Å². The number of hydrogen-bond acceptors (Lipinski definition) is 3. The van der Waals surface area contributed by atoms with Gasteiger partial charge >= 0.3 is 0 Å². The van der Waals surface area contributed by atoms with Gasteiger partial charge in [0.05, 0.1) is 6.54 Å². The predicted octanol–water partition coefficient (Wildman–Crippen LogP) is 3.50. The molecule has 2 aliphatic rings. The molecule has 0 spiro atoms. The van der Waals surface area contributed by atoms with Gasteiger partial charge in [-0.2, -0.15) is 0 Å². The molecule has 0 saturated heterocycles. The van der Waals surface area contributed by atoms with Gasteiger partial charge in [-0.05, 0) is 43.2 Å². The highest BCUT2D eigenvalue weighted by atomic mass is 127. The maximum Gasteiger partial charge on any atom is 0.191 e. The van der Waals surface area contributed by atoms with E-state index >= 15 is 0 Å². The lowest BCUT2D eigenvalue weighted by Gasteiger charge is -2.35. The third kappa shape index (κ3) is 6.24. The van der Waals surface area contributed by atoms with E-state index in [-0.39, 0.29) is 42.1 Å². The van der Waals surface area contributed by atoms with Gasteiger partial charge in [-0.15, -0.1) is 24.0 Å². The number of aliphatic hydroxyl groups is 1. The summed E-state index contributed by atoms with van der Waals surface area (Å²) in [6.07, 6.45) is 8.14. The fourth-order valence-electron chi connectivity index (χ4n) is 4.19. The molecule has 27 heavy (non-hydrogen) atoms. The largest absolute Gasteiger partial charge is 0.488 e. The van der Waals surface area contributed by atoms with Gasteiger partial charge in [-0.1, -0.05) is 37.5 Å². The normalized spacial score (nSPS) is 21.0.